The Labute approximate surface area is 108 Å². The summed E-state index contributed by atoms with van der Waals surface area (Å²) in [5, 5.41) is 0. The predicted octanol–water partition coefficient (Wildman–Crippen LogP) is -0.433. The molecule has 0 aliphatic heterocycles. The lowest BCUT2D eigenvalue weighted by Crippen LogP contribution is -2.39. The van der Waals surface area contributed by atoms with Gasteiger partial charge in [0.2, 0.25) is 0 Å². The average Bonchev–Trinajstić information content (AvgIpc) is 2.82. The Bertz CT molecular complexity index is 477. The molecule has 0 atom stereocenters. The summed E-state index contributed by atoms with van der Waals surface area (Å²) in [6.07, 6.45) is 0. The number of amides is 4. The zero-order chi connectivity index (χ0) is 14.4. The summed E-state index contributed by atoms with van der Waals surface area (Å²) in [5.41, 5.74) is 19.5. The van der Waals surface area contributed by atoms with Crippen LogP contribution in [0, 0.1) is 0 Å². The van der Waals surface area contributed by atoms with E-state index in [0.29, 0.717) is 22.9 Å². The quantitative estimate of drug-likeness (QED) is 0.386. The second-order valence-corrected chi connectivity index (χ2v) is 3.35. The van der Waals surface area contributed by atoms with Gasteiger partial charge in [-0.1, -0.05) is 13.2 Å². The van der Waals surface area contributed by atoms with E-state index in [-0.39, 0.29) is 0 Å². The van der Waals surface area contributed by atoms with Crippen LogP contribution in [0.15, 0.2) is 29.7 Å². The van der Waals surface area contributed by atoms with E-state index in [0.717, 1.165) is 0 Å². The van der Waals surface area contributed by atoms with Gasteiger partial charge in [0, 0.05) is 0 Å². The number of hydrogen-bond acceptors (Lipinski definition) is 5. The molecule has 0 unspecified atom stereocenters. The lowest BCUT2D eigenvalue weighted by molar-refractivity contribution is 0.246. The molecule has 0 spiro atoms. The zero-order valence-corrected chi connectivity index (χ0v) is 9.95. The van der Waals surface area contributed by atoms with E-state index in [9.17, 15) is 9.59 Å². The molecule has 102 valence electrons. The van der Waals surface area contributed by atoms with Crippen molar-refractivity contribution in [1.82, 2.24) is 21.7 Å². The number of rotatable bonds is 6. The molecule has 1 aromatic rings. The molecule has 1 aromatic heterocycles. The molecular formula is C10H14N6O3. The van der Waals surface area contributed by atoms with Crippen LogP contribution >= 0.6 is 0 Å². The number of hydrogen-bond donors (Lipinski definition) is 6. The van der Waals surface area contributed by atoms with Crippen LogP contribution in [0.1, 0.15) is 11.5 Å². The molecule has 0 saturated heterocycles. The van der Waals surface area contributed by atoms with E-state index < -0.39 is 12.1 Å². The Kier molecular flexibility index (Phi) is 4.41. The van der Waals surface area contributed by atoms with Gasteiger partial charge in [-0.2, -0.15) is 0 Å². The first-order valence-corrected chi connectivity index (χ1v) is 5.01. The number of nitrogens with one attached hydrogen (secondary N) is 4. The van der Waals surface area contributed by atoms with E-state index in [1.165, 1.54) is 0 Å². The first-order chi connectivity index (χ1) is 8.90. The van der Waals surface area contributed by atoms with Gasteiger partial charge in [0.25, 0.3) is 0 Å². The molecule has 0 saturated carbocycles. The summed E-state index contributed by atoms with van der Waals surface area (Å²) in [6, 6.07) is 1.66. The summed E-state index contributed by atoms with van der Waals surface area (Å²) in [7, 11) is 0. The Hall–Kier alpha value is -3.10. The minimum Gasteiger partial charge on any atom is -0.453 e. The molecule has 19 heavy (non-hydrogen) atoms. The second kappa shape index (κ2) is 6.00. The van der Waals surface area contributed by atoms with Gasteiger partial charge in [-0.05, 0) is 12.1 Å². The van der Waals surface area contributed by atoms with Gasteiger partial charge in [-0.3, -0.25) is 21.7 Å². The summed E-state index contributed by atoms with van der Waals surface area (Å²) in [5.74, 6) is 0.705. The van der Waals surface area contributed by atoms with E-state index in [1.807, 2.05) is 0 Å². The third-order valence-corrected chi connectivity index (χ3v) is 1.87. The van der Waals surface area contributed by atoms with E-state index in [4.69, 9.17) is 15.9 Å². The molecular weight excluding hydrogens is 252 g/mol. The van der Waals surface area contributed by atoms with Gasteiger partial charge in [-0.25, -0.2) is 9.59 Å². The van der Waals surface area contributed by atoms with Crippen LogP contribution in [-0.4, -0.2) is 12.1 Å². The van der Waals surface area contributed by atoms with Crippen molar-refractivity contribution >= 4 is 23.5 Å². The number of nitrogens with two attached hydrogens (primary N) is 2. The highest BCUT2D eigenvalue weighted by atomic mass is 16.3. The Balaban J connectivity index is 2.61. The first kappa shape index (κ1) is 14.0. The molecule has 9 heteroatoms. The topological polar surface area (TPSA) is 147 Å². The molecule has 0 aromatic carbocycles. The number of furan rings is 1. The van der Waals surface area contributed by atoms with E-state index in [2.05, 4.69) is 34.9 Å². The van der Waals surface area contributed by atoms with Crippen LogP contribution in [0.25, 0.3) is 11.4 Å². The minimum atomic E-state index is -0.760. The van der Waals surface area contributed by atoms with E-state index in [1.54, 1.807) is 12.1 Å². The number of carbonyl (C=O) groups excluding carboxylic acids is 2. The molecule has 0 fully saturated rings. The summed E-state index contributed by atoms with van der Waals surface area (Å²) < 4.78 is 5.36. The first-order valence-electron chi connectivity index (χ1n) is 5.01. The summed E-state index contributed by atoms with van der Waals surface area (Å²) >= 11 is 0. The summed E-state index contributed by atoms with van der Waals surface area (Å²) in [4.78, 5) is 21.0. The number of hydrazine groups is 2. The van der Waals surface area contributed by atoms with Gasteiger partial charge in [-0.15, -0.1) is 0 Å². The maximum absolute atomic E-state index is 10.5. The smallest absolute Gasteiger partial charge is 0.330 e. The molecule has 1 heterocycles. The maximum Gasteiger partial charge on any atom is 0.330 e. The second-order valence-electron chi connectivity index (χ2n) is 3.35. The SMILES string of the molecule is C=C(NNC(N)=O)c1ccc(C(=C)NNC(N)=O)o1. The van der Waals surface area contributed by atoms with Crippen molar-refractivity contribution in [1.29, 1.82) is 0 Å². The molecule has 0 aliphatic rings. The predicted molar refractivity (Wildman–Crippen MR) is 68.5 cm³/mol. The highest BCUT2D eigenvalue weighted by Gasteiger charge is 2.08. The summed E-state index contributed by atoms with van der Waals surface area (Å²) in [6.45, 7) is 7.26. The average molecular weight is 266 g/mol. The number of carbonyl (C=O) groups is 2. The number of urea groups is 2. The van der Waals surface area contributed by atoms with E-state index >= 15 is 0 Å². The minimum absolute atomic E-state index is 0.292. The Morgan fingerprint density at radius 1 is 0.895 bits per heavy atom. The van der Waals surface area contributed by atoms with Gasteiger partial charge in [0.15, 0.2) is 11.5 Å². The molecule has 0 bridgehead atoms. The molecule has 8 N–H and O–H groups in total. The largest absolute Gasteiger partial charge is 0.453 e. The van der Waals surface area contributed by atoms with Crippen molar-refractivity contribution in [3.05, 3.63) is 36.8 Å². The molecule has 0 radical (unpaired) electrons. The van der Waals surface area contributed by atoms with Crippen molar-refractivity contribution in [3.63, 3.8) is 0 Å². The van der Waals surface area contributed by atoms with Crippen molar-refractivity contribution in [3.8, 4) is 0 Å². The van der Waals surface area contributed by atoms with Gasteiger partial charge in [0.1, 0.15) is 0 Å². The lowest BCUT2D eigenvalue weighted by Gasteiger charge is -2.08. The van der Waals surface area contributed by atoms with Crippen molar-refractivity contribution < 1.29 is 14.0 Å². The normalized spacial score (nSPS) is 9.26. The molecule has 9 nitrogen and oxygen atoms in total. The van der Waals surface area contributed by atoms with Crippen molar-refractivity contribution in [2.45, 2.75) is 0 Å². The fourth-order valence-electron chi connectivity index (χ4n) is 1.06. The van der Waals surface area contributed by atoms with Crippen LogP contribution in [0.4, 0.5) is 9.59 Å². The third kappa shape index (κ3) is 4.34. The fourth-order valence-corrected chi connectivity index (χ4v) is 1.06. The van der Waals surface area contributed by atoms with Crippen LogP contribution in [0.2, 0.25) is 0 Å². The molecule has 1 rings (SSSR count). The maximum atomic E-state index is 10.5. The lowest BCUT2D eigenvalue weighted by atomic mass is 10.3. The van der Waals surface area contributed by atoms with Crippen LogP contribution in [-0.2, 0) is 0 Å². The highest BCUT2D eigenvalue weighted by molar-refractivity contribution is 5.74. The number of primary amides is 2. The van der Waals surface area contributed by atoms with Gasteiger partial charge in [0.05, 0.1) is 11.4 Å². The Morgan fingerprint density at radius 2 is 1.26 bits per heavy atom. The Morgan fingerprint density at radius 3 is 1.58 bits per heavy atom. The standard InChI is InChI=1S/C10H14N6O3/c1-5(13-15-9(11)17)7-3-4-8(19-7)6(2)14-16-10(12)18/h3-4,13-14H,1-2H2,(H3,11,15,17)(H3,12,16,18). The van der Waals surface area contributed by atoms with Gasteiger partial charge < -0.3 is 15.9 Å². The highest BCUT2D eigenvalue weighted by Crippen LogP contribution is 2.17. The molecule has 0 aliphatic carbocycles. The third-order valence-electron chi connectivity index (χ3n) is 1.87. The monoisotopic (exact) mass is 266 g/mol. The van der Waals surface area contributed by atoms with Crippen LogP contribution < -0.4 is 33.2 Å². The fraction of sp³-hybridized carbons (Fsp3) is 0. The van der Waals surface area contributed by atoms with Crippen molar-refractivity contribution in [2.75, 3.05) is 0 Å². The van der Waals surface area contributed by atoms with Gasteiger partial charge >= 0.3 is 12.1 Å². The van der Waals surface area contributed by atoms with Crippen molar-refractivity contribution in [2.24, 2.45) is 11.5 Å². The zero-order valence-electron chi connectivity index (χ0n) is 9.95. The molecule has 4 amide bonds. The van der Waals surface area contributed by atoms with Crippen LogP contribution in [0.5, 0.6) is 0 Å². The van der Waals surface area contributed by atoms with Crippen LogP contribution in [0.3, 0.4) is 0 Å².